The van der Waals surface area contributed by atoms with Crippen molar-refractivity contribution in [2.24, 2.45) is 7.05 Å². The predicted molar refractivity (Wildman–Crippen MR) is 82.0 cm³/mol. The van der Waals surface area contributed by atoms with Gasteiger partial charge in [-0.25, -0.2) is 0 Å². The smallest absolute Gasteiger partial charge is 0.268 e. The van der Waals surface area contributed by atoms with Crippen molar-refractivity contribution in [3.63, 3.8) is 0 Å². The summed E-state index contributed by atoms with van der Waals surface area (Å²) in [7, 11) is 1.77. The molecule has 0 spiro atoms. The maximum atomic E-state index is 12.1. The van der Waals surface area contributed by atoms with Crippen LogP contribution in [0.15, 0.2) is 36.5 Å². The second-order valence-electron chi connectivity index (χ2n) is 4.50. The Hall–Kier alpha value is -2.22. The molecule has 1 amide bonds. The quantitative estimate of drug-likeness (QED) is 0.852. The van der Waals surface area contributed by atoms with Crippen molar-refractivity contribution in [3.8, 4) is 11.8 Å². The van der Waals surface area contributed by atoms with E-state index in [0.717, 1.165) is 11.1 Å². The van der Waals surface area contributed by atoms with Gasteiger partial charge in [0.1, 0.15) is 12.3 Å². The van der Waals surface area contributed by atoms with Crippen LogP contribution in [0.25, 0.3) is 0 Å². The van der Waals surface area contributed by atoms with Crippen LogP contribution < -0.4 is 5.32 Å². The van der Waals surface area contributed by atoms with Crippen LogP contribution in [0.5, 0.6) is 0 Å². The van der Waals surface area contributed by atoms with Crippen molar-refractivity contribution in [2.45, 2.75) is 6.54 Å². The lowest BCUT2D eigenvalue weighted by molar-refractivity contribution is 0.0943. The number of aliphatic hydroxyl groups excluding tert-OH is 1. The van der Waals surface area contributed by atoms with Crippen molar-refractivity contribution < 1.29 is 9.90 Å². The molecule has 0 saturated carbocycles. The molecule has 2 rings (SSSR count). The third-order valence-electron chi connectivity index (χ3n) is 2.90. The van der Waals surface area contributed by atoms with Gasteiger partial charge in [0.2, 0.25) is 0 Å². The topological polar surface area (TPSA) is 54.3 Å². The monoisotopic (exact) mass is 302 g/mol. The number of rotatable bonds is 3. The van der Waals surface area contributed by atoms with Crippen molar-refractivity contribution in [3.05, 3.63) is 58.4 Å². The Bertz CT molecular complexity index is 711. The molecule has 2 aromatic rings. The Morgan fingerprint density at radius 2 is 2.24 bits per heavy atom. The second kappa shape index (κ2) is 6.98. The Balaban J connectivity index is 2.03. The summed E-state index contributed by atoms with van der Waals surface area (Å²) in [4.78, 5) is 12.1. The van der Waals surface area contributed by atoms with Gasteiger partial charge in [0.15, 0.2) is 0 Å². The van der Waals surface area contributed by atoms with Crippen LogP contribution in [0.3, 0.4) is 0 Å². The van der Waals surface area contributed by atoms with Crippen molar-refractivity contribution in [2.75, 3.05) is 6.61 Å². The molecular formula is C16H15ClN2O2. The number of amides is 1. The SMILES string of the molecule is Cn1cc(Cl)cc1C(=O)NCc1cccc(C#CCO)c1. The number of halogens is 1. The van der Waals surface area contributed by atoms with Gasteiger partial charge < -0.3 is 15.0 Å². The van der Waals surface area contributed by atoms with Crippen LogP contribution in [-0.4, -0.2) is 22.2 Å². The highest BCUT2D eigenvalue weighted by Gasteiger charge is 2.10. The molecule has 0 unspecified atom stereocenters. The molecule has 2 N–H and O–H groups in total. The normalized spacial score (nSPS) is 9.86. The molecule has 1 heterocycles. The van der Waals surface area contributed by atoms with Gasteiger partial charge in [0.05, 0.1) is 5.02 Å². The Morgan fingerprint density at radius 1 is 1.43 bits per heavy atom. The molecule has 0 aliphatic carbocycles. The van der Waals surface area contributed by atoms with E-state index in [2.05, 4.69) is 17.2 Å². The molecule has 0 radical (unpaired) electrons. The average Bonchev–Trinajstić information content (AvgIpc) is 2.82. The molecular weight excluding hydrogens is 288 g/mol. The Kier molecular flexibility index (Phi) is 5.04. The Labute approximate surface area is 128 Å². The zero-order valence-corrected chi connectivity index (χ0v) is 12.3. The molecule has 4 nitrogen and oxygen atoms in total. The first-order valence-electron chi connectivity index (χ1n) is 6.39. The summed E-state index contributed by atoms with van der Waals surface area (Å²) in [6.45, 7) is 0.228. The summed E-state index contributed by atoms with van der Waals surface area (Å²) in [5.74, 6) is 5.24. The summed E-state index contributed by atoms with van der Waals surface area (Å²) in [6.07, 6.45) is 1.68. The van der Waals surface area contributed by atoms with Gasteiger partial charge in [-0.3, -0.25) is 4.79 Å². The van der Waals surface area contributed by atoms with E-state index in [-0.39, 0.29) is 12.5 Å². The fourth-order valence-corrected chi connectivity index (χ4v) is 2.17. The number of hydrogen-bond acceptors (Lipinski definition) is 2. The standard InChI is InChI=1S/C16H15ClN2O2/c1-19-11-14(17)9-15(19)16(21)18-10-13-5-2-4-12(8-13)6-3-7-20/h2,4-5,8-9,11,20H,7,10H2,1H3,(H,18,21). The predicted octanol–water partition coefficient (Wildman–Crippen LogP) is 1.95. The van der Waals surface area contributed by atoms with Crippen LogP contribution in [0, 0.1) is 11.8 Å². The Morgan fingerprint density at radius 3 is 2.90 bits per heavy atom. The van der Waals surface area contributed by atoms with E-state index in [1.165, 1.54) is 0 Å². The molecule has 0 aliphatic rings. The van der Waals surface area contributed by atoms with E-state index in [4.69, 9.17) is 16.7 Å². The van der Waals surface area contributed by atoms with E-state index in [9.17, 15) is 4.79 Å². The summed E-state index contributed by atoms with van der Waals surface area (Å²) < 4.78 is 1.68. The lowest BCUT2D eigenvalue weighted by Crippen LogP contribution is -2.24. The highest BCUT2D eigenvalue weighted by molar-refractivity contribution is 6.31. The molecule has 0 saturated heterocycles. The maximum Gasteiger partial charge on any atom is 0.268 e. The van der Waals surface area contributed by atoms with Crippen molar-refractivity contribution in [1.82, 2.24) is 9.88 Å². The van der Waals surface area contributed by atoms with Crippen LogP contribution in [-0.2, 0) is 13.6 Å². The molecule has 0 aliphatic heterocycles. The number of benzene rings is 1. The first-order valence-corrected chi connectivity index (χ1v) is 6.76. The van der Waals surface area contributed by atoms with Gasteiger partial charge in [0, 0.05) is 25.4 Å². The van der Waals surface area contributed by atoms with Gasteiger partial charge in [-0.2, -0.15) is 0 Å². The third-order valence-corrected chi connectivity index (χ3v) is 3.10. The molecule has 1 aromatic carbocycles. The molecule has 5 heteroatoms. The van der Waals surface area contributed by atoms with Gasteiger partial charge in [-0.1, -0.05) is 35.6 Å². The second-order valence-corrected chi connectivity index (χ2v) is 4.93. The third kappa shape index (κ3) is 4.12. The highest BCUT2D eigenvalue weighted by Crippen LogP contribution is 2.12. The van der Waals surface area contributed by atoms with Crippen LogP contribution >= 0.6 is 11.6 Å². The van der Waals surface area contributed by atoms with Crippen molar-refractivity contribution in [1.29, 1.82) is 0 Å². The van der Waals surface area contributed by atoms with E-state index >= 15 is 0 Å². The number of aliphatic hydroxyl groups is 1. The number of nitrogens with zero attached hydrogens (tertiary/aromatic N) is 1. The minimum absolute atomic E-state index is 0.171. The molecule has 0 atom stereocenters. The van der Waals surface area contributed by atoms with Gasteiger partial charge >= 0.3 is 0 Å². The average molecular weight is 303 g/mol. The summed E-state index contributed by atoms with van der Waals surface area (Å²) in [6, 6.07) is 9.12. The van der Waals surface area contributed by atoms with Gasteiger partial charge in [-0.15, -0.1) is 0 Å². The lowest BCUT2D eigenvalue weighted by Gasteiger charge is -2.06. The van der Waals surface area contributed by atoms with E-state index < -0.39 is 0 Å². The zero-order chi connectivity index (χ0) is 15.2. The summed E-state index contributed by atoms with van der Waals surface area (Å²) >= 11 is 5.86. The van der Waals surface area contributed by atoms with E-state index in [1.54, 1.807) is 23.9 Å². The number of hydrogen-bond donors (Lipinski definition) is 2. The first-order chi connectivity index (χ1) is 10.1. The summed E-state index contributed by atoms with van der Waals surface area (Å²) in [5, 5.41) is 12.1. The number of carbonyl (C=O) groups excluding carboxylic acids is 1. The number of nitrogens with one attached hydrogen (secondary N) is 1. The number of carbonyl (C=O) groups is 1. The highest BCUT2D eigenvalue weighted by atomic mass is 35.5. The van der Waals surface area contributed by atoms with E-state index in [1.807, 2.05) is 24.3 Å². The largest absolute Gasteiger partial charge is 0.384 e. The molecule has 0 bridgehead atoms. The van der Waals surface area contributed by atoms with Crippen LogP contribution in [0.2, 0.25) is 5.02 Å². The molecule has 21 heavy (non-hydrogen) atoms. The van der Waals surface area contributed by atoms with Crippen molar-refractivity contribution >= 4 is 17.5 Å². The zero-order valence-electron chi connectivity index (χ0n) is 11.6. The lowest BCUT2D eigenvalue weighted by atomic mass is 10.1. The molecule has 1 aromatic heterocycles. The molecule has 0 fully saturated rings. The van der Waals surface area contributed by atoms with E-state index in [0.29, 0.717) is 17.3 Å². The first kappa shape index (κ1) is 15.2. The van der Waals surface area contributed by atoms with Crippen LogP contribution in [0.1, 0.15) is 21.6 Å². The minimum Gasteiger partial charge on any atom is -0.384 e. The van der Waals surface area contributed by atoms with Gasteiger partial charge in [0.25, 0.3) is 5.91 Å². The number of aromatic nitrogens is 1. The minimum atomic E-state index is -0.184. The number of aryl methyl sites for hydroxylation is 1. The van der Waals surface area contributed by atoms with Crippen LogP contribution in [0.4, 0.5) is 0 Å². The summed E-state index contributed by atoms with van der Waals surface area (Å²) in [5.41, 5.74) is 2.25. The van der Waals surface area contributed by atoms with Gasteiger partial charge in [-0.05, 0) is 23.8 Å². The fourth-order valence-electron chi connectivity index (χ4n) is 1.92. The molecule has 108 valence electrons. The maximum absolute atomic E-state index is 12.1. The fraction of sp³-hybridized carbons (Fsp3) is 0.188.